The highest BCUT2D eigenvalue weighted by molar-refractivity contribution is 7.91. The zero-order valence-electron chi connectivity index (χ0n) is 10.8. The van der Waals surface area contributed by atoms with Crippen molar-refractivity contribution < 1.29 is 26.4 Å². The molecular formula is C12H9F3N2O3S2. The molecule has 22 heavy (non-hydrogen) atoms. The second kappa shape index (κ2) is 6.46. The molecule has 1 aromatic heterocycles. The SMILES string of the molecule is O=C(CNS(=O)(=O)c1cccs1)Nc1ccc(F)c(F)c1F. The molecule has 2 rings (SSSR count). The Morgan fingerprint density at radius 2 is 1.86 bits per heavy atom. The van der Waals surface area contributed by atoms with Crippen molar-refractivity contribution in [1.29, 1.82) is 0 Å². The van der Waals surface area contributed by atoms with E-state index in [4.69, 9.17) is 0 Å². The van der Waals surface area contributed by atoms with Gasteiger partial charge in [-0.05, 0) is 23.6 Å². The summed E-state index contributed by atoms with van der Waals surface area (Å²) in [6.07, 6.45) is 0. The first-order valence-electron chi connectivity index (χ1n) is 5.78. The average Bonchev–Trinajstić information content (AvgIpc) is 3.01. The summed E-state index contributed by atoms with van der Waals surface area (Å²) in [6.45, 7) is -0.682. The number of hydrogen-bond donors (Lipinski definition) is 2. The van der Waals surface area contributed by atoms with E-state index in [2.05, 4.69) is 0 Å². The molecule has 0 aliphatic heterocycles. The molecule has 2 N–H and O–H groups in total. The van der Waals surface area contributed by atoms with Gasteiger partial charge in [0.1, 0.15) is 4.21 Å². The van der Waals surface area contributed by atoms with E-state index >= 15 is 0 Å². The molecule has 0 aliphatic rings. The van der Waals surface area contributed by atoms with E-state index in [1.165, 1.54) is 12.1 Å². The van der Waals surface area contributed by atoms with Crippen LogP contribution in [0.15, 0.2) is 33.9 Å². The minimum atomic E-state index is -3.85. The molecule has 0 aliphatic carbocycles. The molecule has 118 valence electrons. The average molecular weight is 350 g/mol. The molecule has 0 saturated carbocycles. The lowest BCUT2D eigenvalue weighted by atomic mass is 10.3. The van der Waals surface area contributed by atoms with Gasteiger partial charge in [-0.15, -0.1) is 11.3 Å². The van der Waals surface area contributed by atoms with Crippen LogP contribution in [0.4, 0.5) is 18.9 Å². The Kier molecular flexibility index (Phi) is 4.84. The van der Waals surface area contributed by atoms with Crippen molar-refractivity contribution in [1.82, 2.24) is 4.72 Å². The van der Waals surface area contributed by atoms with E-state index in [-0.39, 0.29) is 4.21 Å². The van der Waals surface area contributed by atoms with Gasteiger partial charge in [-0.1, -0.05) is 6.07 Å². The van der Waals surface area contributed by atoms with Crippen LogP contribution in [-0.4, -0.2) is 20.9 Å². The molecule has 0 atom stereocenters. The van der Waals surface area contributed by atoms with Crippen LogP contribution in [0.2, 0.25) is 0 Å². The van der Waals surface area contributed by atoms with Crippen molar-refractivity contribution in [2.45, 2.75) is 4.21 Å². The Bertz CT molecular complexity index is 792. The maximum absolute atomic E-state index is 13.4. The maximum Gasteiger partial charge on any atom is 0.250 e. The van der Waals surface area contributed by atoms with Gasteiger partial charge in [0.2, 0.25) is 5.91 Å². The number of carbonyl (C=O) groups excluding carboxylic acids is 1. The first-order valence-corrected chi connectivity index (χ1v) is 8.14. The fraction of sp³-hybridized carbons (Fsp3) is 0.0833. The van der Waals surface area contributed by atoms with Crippen LogP contribution in [0.25, 0.3) is 0 Å². The van der Waals surface area contributed by atoms with Crippen LogP contribution in [0.5, 0.6) is 0 Å². The summed E-state index contributed by atoms with van der Waals surface area (Å²) in [5, 5.41) is 3.50. The van der Waals surface area contributed by atoms with Crippen LogP contribution in [0, 0.1) is 17.5 Å². The van der Waals surface area contributed by atoms with E-state index in [0.717, 1.165) is 17.4 Å². The van der Waals surface area contributed by atoms with E-state index in [1.54, 1.807) is 5.38 Å². The standard InChI is InChI=1S/C12H9F3N2O3S2/c13-7-3-4-8(12(15)11(7)14)17-9(18)6-16-22(19,20)10-2-1-5-21-10/h1-5,16H,6H2,(H,17,18). The Hall–Kier alpha value is -1.91. The number of thiophene rings is 1. The quantitative estimate of drug-likeness (QED) is 0.811. The monoisotopic (exact) mass is 350 g/mol. The number of sulfonamides is 1. The summed E-state index contributed by atoms with van der Waals surface area (Å²) in [6, 6.07) is 4.35. The van der Waals surface area contributed by atoms with Gasteiger partial charge in [0, 0.05) is 0 Å². The third-order valence-electron chi connectivity index (χ3n) is 2.49. The highest BCUT2D eigenvalue weighted by Gasteiger charge is 2.18. The third-order valence-corrected chi connectivity index (χ3v) is 5.29. The minimum Gasteiger partial charge on any atom is -0.322 e. The largest absolute Gasteiger partial charge is 0.322 e. The molecule has 1 heterocycles. The molecule has 2 aromatic rings. The van der Waals surface area contributed by atoms with Gasteiger partial charge in [0.05, 0.1) is 12.2 Å². The number of hydrogen-bond acceptors (Lipinski definition) is 4. The molecule has 0 saturated heterocycles. The Labute approximate surface area is 127 Å². The molecular weight excluding hydrogens is 341 g/mol. The van der Waals surface area contributed by atoms with E-state index < -0.39 is 45.6 Å². The van der Waals surface area contributed by atoms with Crippen molar-refractivity contribution in [3.8, 4) is 0 Å². The smallest absolute Gasteiger partial charge is 0.250 e. The highest BCUT2D eigenvalue weighted by atomic mass is 32.2. The van der Waals surface area contributed by atoms with Crippen molar-refractivity contribution in [3.63, 3.8) is 0 Å². The van der Waals surface area contributed by atoms with Gasteiger partial charge in [0.15, 0.2) is 17.5 Å². The van der Waals surface area contributed by atoms with Gasteiger partial charge in [-0.2, -0.15) is 0 Å². The van der Waals surface area contributed by atoms with Crippen LogP contribution in [0.1, 0.15) is 0 Å². The second-order valence-electron chi connectivity index (χ2n) is 4.03. The number of benzene rings is 1. The molecule has 0 bridgehead atoms. The van der Waals surface area contributed by atoms with Gasteiger partial charge >= 0.3 is 0 Å². The lowest BCUT2D eigenvalue weighted by molar-refractivity contribution is -0.115. The number of halogens is 3. The molecule has 1 amide bonds. The molecule has 5 nitrogen and oxygen atoms in total. The van der Waals surface area contributed by atoms with E-state index in [1.807, 2.05) is 10.0 Å². The van der Waals surface area contributed by atoms with Crippen molar-refractivity contribution in [2.24, 2.45) is 0 Å². The third kappa shape index (κ3) is 3.64. The molecule has 0 unspecified atom stereocenters. The summed E-state index contributed by atoms with van der Waals surface area (Å²) in [4.78, 5) is 11.6. The number of anilines is 1. The van der Waals surface area contributed by atoms with Crippen LogP contribution < -0.4 is 10.0 Å². The first kappa shape index (κ1) is 16.5. The lowest BCUT2D eigenvalue weighted by Crippen LogP contribution is -2.32. The second-order valence-corrected chi connectivity index (χ2v) is 6.97. The van der Waals surface area contributed by atoms with Crippen molar-refractivity contribution in [2.75, 3.05) is 11.9 Å². The normalized spacial score (nSPS) is 11.4. The zero-order valence-corrected chi connectivity index (χ0v) is 12.4. The van der Waals surface area contributed by atoms with Crippen LogP contribution in [0.3, 0.4) is 0 Å². The number of nitrogens with one attached hydrogen (secondary N) is 2. The Morgan fingerprint density at radius 3 is 2.50 bits per heavy atom. The van der Waals surface area contributed by atoms with Crippen LogP contribution in [-0.2, 0) is 14.8 Å². The fourth-order valence-corrected chi connectivity index (χ4v) is 3.48. The predicted octanol–water partition coefficient (Wildman–Crippen LogP) is 2.08. The molecule has 10 heteroatoms. The maximum atomic E-state index is 13.4. The number of amides is 1. The van der Waals surface area contributed by atoms with Gasteiger partial charge < -0.3 is 5.32 Å². The summed E-state index contributed by atoms with van der Waals surface area (Å²) in [5.41, 5.74) is -0.584. The first-order chi connectivity index (χ1) is 10.3. The number of rotatable bonds is 5. The van der Waals surface area contributed by atoms with E-state index in [9.17, 15) is 26.4 Å². The Balaban J connectivity index is 2.01. The predicted molar refractivity (Wildman–Crippen MR) is 74.5 cm³/mol. The summed E-state index contributed by atoms with van der Waals surface area (Å²) in [5.74, 6) is -5.61. The summed E-state index contributed by atoms with van der Waals surface area (Å²) < 4.78 is 64.6. The van der Waals surface area contributed by atoms with E-state index in [0.29, 0.717) is 6.07 Å². The van der Waals surface area contributed by atoms with Crippen molar-refractivity contribution in [3.05, 3.63) is 47.1 Å². The molecule has 0 radical (unpaired) electrons. The molecule has 0 fully saturated rings. The zero-order chi connectivity index (χ0) is 16.3. The molecule has 0 spiro atoms. The van der Waals surface area contributed by atoms with Gasteiger partial charge in [0.25, 0.3) is 10.0 Å². The minimum absolute atomic E-state index is 0.0132. The topological polar surface area (TPSA) is 75.3 Å². The number of carbonyl (C=O) groups is 1. The van der Waals surface area contributed by atoms with Gasteiger partial charge in [-0.25, -0.2) is 26.3 Å². The van der Waals surface area contributed by atoms with Crippen LogP contribution >= 0.6 is 11.3 Å². The lowest BCUT2D eigenvalue weighted by Gasteiger charge is -2.08. The highest BCUT2D eigenvalue weighted by Crippen LogP contribution is 2.19. The van der Waals surface area contributed by atoms with Gasteiger partial charge in [-0.3, -0.25) is 4.79 Å². The Morgan fingerprint density at radius 1 is 1.14 bits per heavy atom. The molecule has 1 aromatic carbocycles. The van der Waals surface area contributed by atoms with Crippen molar-refractivity contribution >= 4 is 33.0 Å². The summed E-state index contributed by atoms with van der Waals surface area (Å²) in [7, 11) is -3.85. The summed E-state index contributed by atoms with van der Waals surface area (Å²) >= 11 is 0.958. The fourth-order valence-electron chi connectivity index (χ4n) is 1.46.